The highest BCUT2D eigenvalue weighted by molar-refractivity contribution is 9.11. The number of aryl methyl sites for hydroxylation is 2. The second kappa shape index (κ2) is 15.1. The molecule has 0 saturated heterocycles. The lowest BCUT2D eigenvalue weighted by Crippen LogP contribution is -2.30. The molecule has 6 nitrogen and oxygen atoms in total. The van der Waals surface area contributed by atoms with Crippen LogP contribution >= 0.6 is 63.7 Å². The van der Waals surface area contributed by atoms with Crippen LogP contribution in [0.4, 0.5) is 0 Å². The van der Waals surface area contributed by atoms with Gasteiger partial charge in [-0.1, -0.05) is 44.7 Å². The monoisotopic (exact) mass is 724 g/mol. The van der Waals surface area contributed by atoms with Gasteiger partial charge < -0.3 is 20.1 Å². The maximum atomic E-state index is 12.0. The van der Waals surface area contributed by atoms with Gasteiger partial charge in [-0.3, -0.25) is 9.59 Å². The van der Waals surface area contributed by atoms with E-state index in [0.29, 0.717) is 24.6 Å². The average Bonchev–Trinajstić information content (AvgIpc) is 2.74. The van der Waals surface area contributed by atoms with Gasteiger partial charge in [0.1, 0.15) is 11.5 Å². The highest BCUT2D eigenvalue weighted by atomic mass is 79.9. The Balaban J connectivity index is 1.51. The number of rotatable bonds is 13. The molecular weight excluding hydrogens is 700 g/mol. The summed E-state index contributed by atoms with van der Waals surface area (Å²) in [6, 6.07) is 7.65. The minimum atomic E-state index is -0.144. The van der Waals surface area contributed by atoms with E-state index in [0.717, 1.165) is 54.7 Å². The molecule has 0 aromatic heterocycles. The number of unbranched alkanes of at least 4 members (excludes halogenated alkanes) is 3. The average molecular weight is 728 g/mol. The summed E-state index contributed by atoms with van der Waals surface area (Å²) in [6.45, 7) is 5.02. The topological polar surface area (TPSA) is 76.7 Å². The van der Waals surface area contributed by atoms with Gasteiger partial charge in [0.25, 0.3) is 11.8 Å². The van der Waals surface area contributed by atoms with E-state index in [1.165, 1.54) is 0 Å². The number of hydrogen-bond acceptors (Lipinski definition) is 4. The molecule has 2 aromatic rings. The molecule has 0 bridgehead atoms. The molecule has 2 rings (SSSR count). The first-order valence-electron chi connectivity index (χ1n) is 10.9. The summed E-state index contributed by atoms with van der Waals surface area (Å²) in [5, 5.41) is 5.75. The fraction of sp³-hybridized carbons (Fsp3) is 0.417. The second-order valence-electron chi connectivity index (χ2n) is 7.76. The number of benzene rings is 2. The molecule has 0 unspecified atom stereocenters. The maximum absolute atomic E-state index is 12.0. The van der Waals surface area contributed by atoms with Crippen molar-refractivity contribution in [2.24, 2.45) is 0 Å². The number of carbonyl (C=O) groups excluding carboxylic acids is 2. The normalized spacial score (nSPS) is 10.6. The maximum Gasteiger partial charge on any atom is 0.257 e. The summed E-state index contributed by atoms with van der Waals surface area (Å²) in [6.07, 6.45) is 3.69. The van der Waals surface area contributed by atoms with Gasteiger partial charge in [0.05, 0.1) is 8.95 Å². The number of ether oxygens (including phenoxy) is 2. The Labute approximate surface area is 234 Å². The van der Waals surface area contributed by atoms with Crippen molar-refractivity contribution in [3.63, 3.8) is 0 Å². The Hall–Kier alpha value is -1.10. The van der Waals surface area contributed by atoms with Crippen molar-refractivity contribution in [1.82, 2.24) is 10.6 Å². The predicted molar refractivity (Wildman–Crippen MR) is 149 cm³/mol. The van der Waals surface area contributed by atoms with Crippen LogP contribution in [0.3, 0.4) is 0 Å². The molecular formula is C24H28Br4N2O4. The molecule has 34 heavy (non-hydrogen) atoms. The van der Waals surface area contributed by atoms with Crippen molar-refractivity contribution in [3.8, 4) is 11.5 Å². The Morgan fingerprint density at radius 2 is 1.06 bits per heavy atom. The van der Waals surface area contributed by atoms with Crippen LogP contribution in [0.2, 0.25) is 0 Å². The molecule has 0 aliphatic heterocycles. The number of hydrogen-bond donors (Lipinski definition) is 2. The van der Waals surface area contributed by atoms with E-state index < -0.39 is 0 Å². The Morgan fingerprint density at radius 3 is 1.41 bits per heavy atom. The lowest BCUT2D eigenvalue weighted by molar-refractivity contribution is -0.123. The van der Waals surface area contributed by atoms with Gasteiger partial charge >= 0.3 is 0 Å². The molecule has 2 N–H and O–H groups in total. The molecule has 0 fully saturated rings. The van der Waals surface area contributed by atoms with Crippen LogP contribution in [0.1, 0.15) is 36.8 Å². The fourth-order valence-corrected chi connectivity index (χ4v) is 6.29. The van der Waals surface area contributed by atoms with Gasteiger partial charge in [0.15, 0.2) is 13.2 Å². The van der Waals surface area contributed by atoms with Crippen LogP contribution in [0.15, 0.2) is 42.2 Å². The van der Waals surface area contributed by atoms with Gasteiger partial charge in [0.2, 0.25) is 0 Å². The van der Waals surface area contributed by atoms with E-state index in [9.17, 15) is 9.59 Å². The zero-order valence-electron chi connectivity index (χ0n) is 19.1. The van der Waals surface area contributed by atoms with Crippen LogP contribution in [-0.2, 0) is 9.59 Å². The largest absolute Gasteiger partial charge is 0.482 e. The Bertz CT molecular complexity index is 875. The molecule has 10 heteroatoms. The molecule has 0 radical (unpaired) electrons. The van der Waals surface area contributed by atoms with E-state index >= 15 is 0 Å². The molecule has 0 aliphatic carbocycles. The Morgan fingerprint density at radius 1 is 0.676 bits per heavy atom. The first-order chi connectivity index (χ1) is 16.2. The van der Waals surface area contributed by atoms with Crippen LogP contribution in [0, 0.1) is 13.8 Å². The standard InChI is InChI=1S/C24H28Br4N2O4/c1-15-9-17(25)11-19(27)23(15)33-13-21(31)29-7-5-3-4-6-8-30-22(32)14-34-24-16(2)10-18(26)12-20(24)28/h9-12H,3-8,13-14H2,1-2H3,(H,29,31)(H,30,32). The van der Waals surface area contributed by atoms with Gasteiger partial charge in [-0.2, -0.15) is 0 Å². The third-order valence-electron chi connectivity index (χ3n) is 4.83. The minimum absolute atomic E-state index is 0.0223. The van der Waals surface area contributed by atoms with Crippen LogP contribution in [-0.4, -0.2) is 38.1 Å². The van der Waals surface area contributed by atoms with Crippen molar-refractivity contribution in [1.29, 1.82) is 0 Å². The molecule has 2 aromatic carbocycles. The van der Waals surface area contributed by atoms with Crippen molar-refractivity contribution < 1.29 is 19.1 Å². The first-order valence-corrected chi connectivity index (χ1v) is 14.0. The molecule has 0 heterocycles. The summed E-state index contributed by atoms with van der Waals surface area (Å²) < 4.78 is 14.8. The second-order valence-corrected chi connectivity index (χ2v) is 11.3. The lowest BCUT2D eigenvalue weighted by Gasteiger charge is -2.12. The molecule has 186 valence electrons. The van der Waals surface area contributed by atoms with E-state index in [1.54, 1.807) is 0 Å². The van der Waals surface area contributed by atoms with Gasteiger partial charge in [-0.05, 0) is 93.9 Å². The lowest BCUT2D eigenvalue weighted by atomic mass is 10.2. The highest BCUT2D eigenvalue weighted by Gasteiger charge is 2.11. The van der Waals surface area contributed by atoms with Crippen molar-refractivity contribution in [3.05, 3.63) is 53.3 Å². The van der Waals surface area contributed by atoms with Crippen molar-refractivity contribution >= 4 is 75.5 Å². The van der Waals surface area contributed by atoms with Crippen LogP contribution in [0.5, 0.6) is 11.5 Å². The third kappa shape index (κ3) is 10.3. The van der Waals surface area contributed by atoms with Crippen molar-refractivity contribution in [2.45, 2.75) is 39.5 Å². The molecule has 0 aliphatic rings. The van der Waals surface area contributed by atoms with E-state index in [-0.39, 0.29) is 25.0 Å². The fourth-order valence-electron chi connectivity index (χ4n) is 3.18. The SMILES string of the molecule is Cc1cc(Br)cc(Br)c1OCC(=O)NCCCCCCNC(=O)COc1c(C)cc(Br)cc1Br. The Kier molecular flexibility index (Phi) is 12.9. The van der Waals surface area contributed by atoms with Crippen molar-refractivity contribution in [2.75, 3.05) is 26.3 Å². The minimum Gasteiger partial charge on any atom is -0.482 e. The zero-order valence-corrected chi connectivity index (χ0v) is 25.5. The first kappa shape index (κ1) is 29.1. The highest BCUT2D eigenvalue weighted by Crippen LogP contribution is 2.33. The van der Waals surface area contributed by atoms with Crippen LogP contribution in [0.25, 0.3) is 0 Å². The van der Waals surface area contributed by atoms with Crippen LogP contribution < -0.4 is 20.1 Å². The molecule has 0 saturated carbocycles. The quantitative estimate of drug-likeness (QED) is 0.228. The van der Waals surface area contributed by atoms with E-state index in [4.69, 9.17) is 9.47 Å². The number of halogens is 4. The van der Waals surface area contributed by atoms with E-state index in [2.05, 4.69) is 74.4 Å². The number of nitrogens with one attached hydrogen (secondary N) is 2. The predicted octanol–water partition coefficient (Wildman–Crippen LogP) is 6.60. The zero-order chi connectivity index (χ0) is 25.1. The number of carbonyl (C=O) groups is 2. The van der Waals surface area contributed by atoms with Gasteiger partial charge in [-0.25, -0.2) is 0 Å². The third-order valence-corrected chi connectivity index (χ3v) is 6.92. The van der Waals surface area contributed by atoms with Gasteiger partial charge in [-0.15, -0.1) is 0 Å². The molecule has 2 amide bonds. The summed E-state index contributed by atoms with van der Waals surface area (Å²) in [5.74, 6) is 1.05. The van der Waals surface area contributed by atoms with Gasteiger partial charge in [0, 0.05) is 22.0 Å². The summed E-state index contributed by atoms with van der Waals surface area (Å²) in [7, 11) is 0. The van der Waals surface area contributed by atoms with E-state index in [1.807, 2.05) is 38.1 Å². The number of amides is 2. The molecule has 0 atom stereocenters. The summed E-state index contributed by atoms with van der Waals surface area (Å²) in [4.78, 5) is 24.0. The smallest absolute Gasteiger partial charge is 0.257 e. The summed E-state index contributed by atoms with van der Waals surface area (Å²) in [5.41, 5.74) is 1.90. The molecule has 0 spiro atoms. The summed E-state index contributed by atoms with van der Waals surface area (Å²) >= 11 is 13.8.